The van der Waals surface area contributed by atoms with Crippen LogP contribution in [0.3, 0.4) is 0 Å². The topological polar surface area (TPSA) is 124 Å². The molecule has 3 unspecified atom stereocenters. The summed E-state index contributed by atoms with van der Waals surface area (Å²) in [6.07, 6.45) is 2.31. The monoisotopic (exact) mass is 562 g/mol. The zero-order chi connectivity index (χ0) is 29.7. The highest BCUT2D eigenvalue weighted by molar-refractivity contribution is 6.00. The number of carbonyl (C=O) groups is 2. The van der Waals surface area contributed by atoms with Crippen LogP contribution in [0.2, 0.25) is 0 Å². The van der Waals surface area contributed by atoms with E-state index in [1.54, 1.807) is 25.1 Å². The molecule has 1 fully saturated rings. The summed E-state index contributed by atoms with van der Waals surface area (Å²) in [4.78, 5) is 28.7. The van der Waals surface area contributed by atoms with Crippen LogP contribution in [0.5, 0.6) is 11.5 Å². The Morgan fingerprint density at radius 3 is 2.51 bits per heavy atom. The molecule has 41 heavy (non-hydrogen) atoms. The molecule has 0 bridgehead atoms. The van der Waals surface area contributed by atoms with Crippen molar-refractivity contribution in [1.82, 2.24) is 15.5 Å². The molecule has 5 rings (SSSR count). The summed E-state index contributed by atoms with van der Waals surface area (Å²) in [6, 6.07) is 11.5. The Bertz CT molecular complexity index is 1350. The number of guanidine groups is 1. The highest BCUT2D eigenvalue weighted by Gasteiger charge is 2.50. The number of nitrogens with zero attached hydrogens (tertiary/aromatic N) is 1. The van der Waals surface area contributed by atoms with Crippen LogP contribution < -0.4 is 20.1 Å². The standard InChI is InChI=1S/C32H42N4O5/c1-7-32(8-2)18-26(37)36(29(33)35-32)23-15-16-40-24-14-13-20(17-22(23)24)28(38)34-27-21-11-9-10-12-25(21)41-30(4,5)19(3)31(27,6)39/h9-14,17,19,23,27,39H,7-8,15-16,18H2,1-6H3,(H2,33,35)(H,34,38)/t19?,23-,27?,31?/m1/s1. The van der Waals surface area contributed by atoms with Gasteiger partial charge in [0, 0.05) is 34.6 Å². The van der Waals surface area contributed by atoms with Gasteiger partial charge in [-0.25, -0.2) is 0 Å². The van der Waals surface area contributed by atoms with Gasteiger partial charge in [0.1, 0.15) is 17.1 Å². The van der Waals surface area contributed by atoms with Crippen molar-refractivity contribution in [3.05, 3.63) is 59.2 Å². The van der Waals surface area contributed by atoms with Crippen molar-refractivity contribution in [2.75, 3.05) is 6.61 Å². The first kappa shape index (κ1) is 28.9. The fraction of sp³-hybridized carbons (Fsp3) is 0.531. The molecular weight excluding hydrogens is 520 g/mol. The maximum Gasteiger partial charge on any atom is 0.251 e. The molecule has 9 nitrogen and oxygen atoms in total. The number of amides is 2. The van der Waals surface area contributed by atoms with Crippen molar-refractivity contribution < 1.29 is 24.2 Å². The first-order chi connectivity index (χ1) is 19.3. The molecule has 2 aromatic rings. The Balaban J connectivity index is 1.46. The zero-order valence-electron chi connectivity index (χ0n) is 24.8. The fourth-order valence-corrected chi connectivity index (χ4v) is 6.54. The van der Waals surface area contributed by atoms with Gasteiger partial charge in [-0.15, -0.1) is 0 Å². The minimum absolute atomic E-state index is 0.0837. The van der Waals surface area contributed by atoms with E-state index in [1.165, 1.54) is 4.90 Å². The van der Waals surface area contributed by atoms with E-state index in [2.05, 4.69) is 10.6 Å². The SMILES string of the molecule is CCC1(CC)CC(=O)N([C@@H]2CCOc3ccc(C(=O)NC4c5ccccc5OC(C)(C)C(C)C4(C)O)cc32)C(=N)N1. The largest absolute Gasteiger partial charge is 0.493 e. The van der Waals surface area contributed by atoms with Crippen LogP contribution in [0, 0.1) is 11.3 Å². The lowest BCUT2D eigenvalue weighted by Crippen LogP contribution is -2.62. The third kappa shape index (κ3) is 4.94. The quantitative estimate of drug-likeness (QED) is 0.413. The van der Waals surface area contributed by atoms with Gasteiger partial charge in [0.2, 0.25) is 5.91 Å². The maximum absolute atomic E-state index is 13.8. The average Bonchev–Trinajstić information content (AvgIpc) is 2.99. The number of hydrogen-bond donors (Lipinski definition) is 4. The van der Waals surface area contributed by atoms with Crippen LogP contribution >= 0.6 is 0 Å². The maximum atomic E-state index is 13.8. The lowest BCUT2D eigenvalue weighted by atomic mass is 9.74. The Morgan fingerprint density at radius 1 is 1.12 bits per heavy atom. The Morgan fingerprint density at radius 2 is 1.83 bits per heavy atom. The van der Waals surface area contributed by atoms with Gasteiger partial charge in [0.05, 0.1) is 30.7 Å². The van der Waals surface area contributed by atoms with Crippen molar-refractivity contribution in [2.45, 2.75) is 96.1 Å². The number of aliphatic hydroxyl groups is 1. The summed E-state index contributed by atoms with van der Waals surface area (Å²) in [5.41, 5.74) is -0.641. The molecule has 0 aliphatic carbocycles. The first-order valence-corrected chi connectivity index (χ1v) is 14.6. The molecule has 3 aliphatic heterocycles. The second-order valence-corrected chi connectivity index (χ2v) is 12.4. The Kier molecular flexibility index (Phi) is 7.30. The van der Waals surface area contributed by atoms with Gasteiger partial charge in [-0.3, -0.25) is 19.9 Å². The molecule has 4 N–H and O–H groups in total. The number of fused-ring (bicyclic) bond motifs is 2. The van der Waals surface area contributed by atoms with Crippen molar-refractivity contribution in [3.8, 4) is 11.5 Å². The lowest BCUT2D eigenvalue weighted by Gasteiger charge is -2.45. The van der Waals surface area contributed by atoms with Crippen molar-refractivity contribution in [2.24, 2.45) is 5.92 Å². The van der Waals surface area contributed by atoms with Gasteiger partial charge < -0.3 is 25.2 Å². The molecule has 3 heterocycles. The smallest absolute Gasteiger partial charge is 0.251 e. The second-order valence-electron chi connectivity index (χ2n) is 12.4. The van der Waals surface area contributed by atoms with E-state index in [4.69, 9.17) is 14.9 Å². The molecular formula is C32H42N4O5. The van der Waals surface area contributed by atoms with Crippen molar-refractivity contribution >= 4 is 17.8 Å². The number of para-hydroxylation sites is 1. The summed E-state index contributed by atoms with van der Waals surface area (Å²) >= 11 is 0. The van der Waals surface area contributed by atoms with Crippen molar-refractivity contribution in [1.29, 1.82) is 5.41 Å². The first-order valence-electron chi connectivity index (χ1n) is 14.6. The van der Waals surface area contributed by atoms with Gasteiger partial charge in [-0.05, 0) is 57.9 Å². The van der Waals surface area contributed by atoms with Gasteiger partial charge in [0.25, 0.3) is 5.91 Å². The molecule has 0 spiro atoms. The van der Waals surface area contributed by atoms with Gasteiger partial charge >= 0.3 is 0 Å². The molecule has 9 heteroatoms. The fourth-order valence-electron chi connectivity index (χ4n) is 6.54. The summed E-state index contributed by atoms with van der Waals surface area (Å²) in [7, 11) is 0. The Hall–Kier alpha value is -3.59. The number of carbonyl (C=O) groups excluding carboxylic acids is 2. The molecule has 3 aliphatic rings. The van der Waals surface area contributed by atoms with E-state index in [0.717, 1.165) is 12.8 Å². The van der Waals surface area contributed by atoms with E-state index in [1.807, 2.05) is 58.9 Å². The molecule has 2 amide bonds. The number of rotatable bonds is 5. The minimum Gasteiger partial charge on any atom is -0.493 e. The molecule has 0 saturated carbocycles. The summed E-state index contributed by atoms with van der Waals surface area (Å²) < 4.78 is 12.2. The number of ether oxygens (including phenoxy) is 2. The predicted molar refractivity (Wildman–Crippen MR) is 156 cm³/mol. The summed E-state index contributed by atoms with van der Waals surface area (Å²) in [6.45, 7) is 12.0. The highest BCUT2D eigenvalue weighted by atomic mass is 16.5. The number of hydrogen-bond acceptors (Lipinski definition) is 6. The van der Waals surface area contributed by atoms with Crippen LogP contribution in [0.4, 0.5) is 0 Å². The van der Waals surface area contributed by atoms with Crippen LogP contribution in [0.25, 0.3) is 0 Å². The molecule has 2 aromatic carbocycles. The summed E-state index contributed by atoms with van der Waals surface area (Å²) in [5, 5.41) is 26.9. The lowest BCUT2D eigenvalue weighted by molar-refractivity contribution is -0.133. The zero-order valence-corrected chi connectivity index (χ0v) is 24.8. The van der Waals surface area contributed by atoms with Gasteiger partial charge in [-0.1, -0.05) is 39.0 Å². The van der Waals surface area contributed by atoms with Crippen LogP contribution in [-0.2, 0) is 4.79 Å². The minimum atomic E-state index is -1.32. The van der Waals surface area contributed by atoms with E-state index in [9.17, 15) is 14.7 Å². The summed E-state index contributed by atoms with van der Waals surface area (Å²) in [5.74, 6) is 0.510. The normalized spacial score (nSPS) is 28.3. The van der Waals surface area contributed by atoms with E-state index in [-0.39, 0.29) is 23.7 Å². The van der Waals surface area contributed by atoms with Gasteiger partial charge in [0.15, 0.2) is 5.96 Å². The van der Waals surface area contributed by atoms with E-state index >= 15 is 0 Å². The number of nitrogens with one attached hydrogen (secondary N) is 3. The van der Waals surface area contributed by atoms with Crippen molar-refractivity contribution in [3.63, 3.8) is 0 Å². The highest BCUT2D eigenvalue weighted by Crippen LogP contribution is 2.46. The van der Waals surface area contributed by atoms with E-state index < -0.39 is 28.8 Å². The van der Waals surface area contributed by atoms with E-state index in [0.29, 0.717) is 47.6 Å². The Labute approximate surface area is 242 Å². The molecule has 0 aromatic heterocycles. The molecule has 220 valence electrons. The third-order valence-corrected chi connectivity index (χ3v) is 9.71. The van der Waals surface area contributed by atoms with Gasteiger partial charge in [-0.2, -0.15) is 0 Å². The van der Waals surface area contributed by atoms with Crippen LogP contribution in [-0.4, -0.2) is 51.1 Å². The van der Waals surface area contributed by atoms with Crippen LogP contribution in [0.1, 0.15) is 101 Å². The predicted octanol–water partition coefficient (Wildman–Crippen LogP) is 4.85. The third-order valence-electron chi connectivity index (χ3n) is 9.71. The average molecular weight is 563 g/mol. The number of benzene rings is 2. The molecule has 0 radical (unpaired) electrons. The molecule has 1 saturated heterocycles. The van der Waals surface area contributed by atoms with Crippen LogP contribution in [0.15, 0.2) is 42.5 Å². The molecule has 4 atom stereocenters. The second kappa shape index (κ2) is 10.4.